The zero-order valence-corrected chi connectivity index (χ0v) is 15.3. The van der Waals surface area contributed by atoms with Crippen molar-refractivity contribution in [3.05, 3.63) is 54.1 Å². The Balaban J connectivity index is 1.63. The molecule has 1 atom stereocenters. The minimum atomic E-state index is -3.39. The van der Waals surface area contributed by atoms with Gasteiger partial charge in [-0.25, -0.2) is 8.42 Å². The molecule has 26 heavy (non-hydrogen) atoms. The smallest absolute Gasteiger partial charge is 0.251 e. The van der Waals surface area contributed by atoms with Crippen molar-refractivity contribution in [3.63, 3.8) is 0 Å². The maximum atomic E-state index is 12.4. The van der Waals surface area contributed by atoms with E-state index in [0.29, 0.717) is 29.4 Å². The van der Waals surface area contributed by atoms with Gasteiger partial charge in [-0.05, 0) is 30.3 Å². The van der Waals surface area contributed by atoms with Crippen molar-refractivity contribution in [2.24, 2.45) is 0 Å². The van der Waals surface area contributed by atoms with Crippen molar-refractivity contribution < 1.29 is 22.7 Å². The fourth-order valence-corrected chi connectivity index (χ4v) is 3.00. The van der Waals surface area contributed by atoms with Crippen molar-refractivity contribution in [2.45, 2.75) is 6.10 Å². The van der Waals surface area contributed by atoms with Crippen LogP contribution >= 0.6 is 0 Å². The first-order chi connectivity index (χ1) is 12.3. The summed E-state index contributed by atoms with van der Waals surface area (Å²) in [4.78, 5) is 12.4. The van der Waals surface area contributed by atoms with Crippen LogP contribution in [0.2, 0.25) is 0 Å². The number of sulfonamides is 1. The van der Waals surface area contributed by atoms with Crippen LogP contribution in [-0.2, 0) is 10.0 Å². The van der Waals surface area contributed by atoms with E-state index in [1.54, 1.807) is 18.2 Å². The molecule has 8 heteroatoms. The topological polar surface area (TPSA) is 84.9 Å². The van der Waals surface area contributed by atoms with Crippen LogP contribution in [0.4, 0.5) is 5.69 Å². The fraction of sp³-hybridized carbons (Fsp3) is 0.278. The highest BCUT2D eigenvalue weighted by Crippen LogP contribution is 2.30. The Hall–Kier alpha value is -2.74. The molecule has 2 aromatic rings. The minimum absolute atomic E-state index is 0.277. The summed E-state index contributed by atoms with van der Waals surface area (Å²) < 4.78 is 35.8. The van der Waals surface area contributed by atoms with E-state index in [9.17, 15) is 13.2 Å². The molecule has 7 nitrogen and oxygen atoms in total. The van der Waals surface area contributed by atoms with Crippen LogP contribution in [0.5, 0.6) is 11.5 Å². The molecule has 138 valence electrons. The number of rotatable bonds is 5. The molecule has 2 aromatic carbocycles. The average Bonchev–Trinajstić information content (AvgIpc) is 2.64. The van der Waals surface area contributed by atoms with Crippen LogP contribution in [0.1, 0.15) is 10.4 Å². The summed E-state index contributed by atoms with van der Waals surface area (Å²) >= 11 is 0. The predicted molar refractivity (Wildman–Crippen MR) is 98.4 cm³/mol. The van der Waals surface area contributed by atoms with E-state index in [1.165, 1.54) is 13.1 Å². The number of fused-ring (bicyclic) bond motifs is 1. The highest BCUT2D eigenvalue weighted by molar-refractivity contribution is 7.92. The largest absolute Gasteiger partial charge is 0.486 e. The molecule has 3 rings (SSSR count). The van der Waals surface area contributed by atoms with Crippen molar-refractivity contribution in [3.8, 4) is 11.5 Å². The molecule has 0 bridgehead atoms. The molecule has 0 aromatic heterocycles. The van der Waals surface area contributed by atoms with Gasteiger partial charge >= 0.3 is 0 Å². The molecule has 0 spiro atoms. The second-order valence-electron chi connectivity index (χ2n) is 5.99. The van der Waals surface area contributed by atoms with E-state index in [1.807, 2.05) is 24.3 Å². The zero-order valence-electron chi connectivity index (χ0n) is 14.5. The number of nitrogens with one attached hydrogen (secondary N) is 1. The van der Waals surface area contributed by atoms with Crippen LogP contribution in [0.25, 0.3) is 0 Å². The van der Waals surface area contributed by atoms with Crippen molar-refractivity contribution >= 4 is 21.6 Å². The van der Waals surface area contributed by atoms with Gasteiger partial charge in [0.2, 0.25) is 10.0 Å². The van der Waals surface area contributed by atoms with Crippen molar-refractivity contribution in [2.75, 3.05) is 30.8 Å². The molecule has 0 saturated carbocycles. The van der Waals surface area contributed by atoms with Crippen LogP contribution in [0.3, 0.4) is 0 Å². The normalized spacial score (nSPS) is 16.0. The van der Waals surface area contributed by atoms with Crippen molar-refractivity contribution in [1.29, 1.82) is 0 Å². The number of carbonyl (C=O) groups is 1. The summed E-state index contributed by atoms with van der Waals surface area (Å²) in [5.74, 6) is 1.03. The van der Waals surface area contributed by atoms with Gasteiger partial charge in [-0.1, -0.05) is 18.2 Å². The van der Waals surface area contributed by atoms with Crippen LogP contribution < -0.4 is 19.1 Å². The predicted octanol–water partition coefficient (Wildman–Crippen LogP) is 1.65. The molecule has 1 amide bonds. The molecule has 1 heterocycles. The van der Waals surface area contributed by atoms with Crippen LogP contribution in [0, 0.1) is 0 Å². The van der Waals surface area contributed by atoms with Crippen LogP contribution in [0.15, 0.2) is 48.5 Å². The number of anilines is 1. The molecule has 0 radical (unpaired) electrons. The number of hydrogen-bond donors (Lipinski definition) is 1. The van der Waals surface area contributed by atoms with Gasteiger partial charge in [0, 0.05) is 12.6 Å². The summed E-state index contributed by atoms with van der Waals surface area (Å²) in [5, 5.41) is 2.79. The Morgan fingerprint density at radius 2 is 1.92 bits per heavy atom. The lowest BCUT2D eigenvalue weighted by Gasteiger charge is -2.26. The zero-order chi connectivity index (χ0) is 18.7. The van der Waals surface area contributed by atoms with Gasteiger partial charge in [-0.2, -0.15) is 0 Å². The summed E-state index contributed by atoms with van der Waals surface area (Å²) in [6, 6.07) is 13.8. The van der Waals surface area contributed by atoms with Gasteiger partial charge in [0.15, 0.2) is 11.5 Å². The molecule has 1 unspecified atom stereocenters. The Bertz CT molecular complexity index is 913. The molecule has 1 N–H and O–H groups in total. The van der Waals surface area contributed by atoms with Gasteiger partial charge in [0.25, 0.3) is 5.91 Å². The van der Waals surface area contributed by atoms with Gasteiger partial charge < -0.3 is 14.8 Å². The lowest BCUT2D eigenvalue weighted by molar-refractivity contribution is 0.0789. The number of nitrogens with zero attached hydrogens (tertiary/aromatic N) is 1. The summed E-state index contributed by atoms with van der Waals surface area (Å²) in [6.07, 6.45) is 0.814. The van der Waals surface area contributed by atoms with Gasteiger partial charge in [0.05, 0.1) is 18.5 Å². The molecular formula is C18H20N2O5S. The molecule has 0 fully saturated rings. The SMILES string of the molecule is CN(c1cccc(C(=O)NCC2COc3ccccc3O2)c1)S(C)(=O)=O. The van der Waals surface area contributed by atoms with E-state index in [4.69, 9.17) is 9.47 Å². The average molecular weight is 376 g/mol. The molecule has 0 aliphatic carbocycles. The number of hydrogen-bond acceptors (Lipinski definition) is 5. The second-order valence-corrected chi connectivity index (χ2v) is 8.00. The number of amides is 1. The van der Waals surface area contributed by atoms with E-state index < -0.39 is 10.0 Å². The number of para-hydroxylation sites is 2. The van der Waals surface area contributed by atoms with E-state index >= 15 is 0 Å². The third-order valence-electron chi connectivity index (χ3n) is 4.03. The first-order valence-electron chi connectivity index (χ1n) is 8.05. The summed E-state index contributed by atoms with van der Waals surface area (Å²) in [7, 11) is -1.95. The first kappa shape index (κ1) is 18.1. The number of carbonyl (C=O) groups excluding carboxylic acids is 1. The van der Waals surface area contributed by atoms with E-state index in [0.717, 1.165) is 10.6 Å². The Labute approximate surface area is 152 Å². The van der Waals surface area contributed by atoms with Gasteiger partial charge in [-0.3, -0.25) is 9.10 Å². The minimum Gasteiger partial charge on any atom is -0.486 e. The highest BCUT2D eigenvalue weighted by Gasteiger charge is 2.21. The fourth-order valence-electron chi connectivity index (χ4n) is 2.51. The Morgan fingerprint density at radius 1 is 1.19 bits per heavy atom. The quantitative estimate of drug-likeness (QED) is 0.858. The third-order valence-corrected chi connectivity index (χ3v) is 5.23. The van der Waals surface area contributed by atoms with Crippen molar-refractivity contribution in [1.82, 2.24) is 5.32 Å². The third kappa shape index (κ3) is 4.08. The maximum absolute atomic E-state index is 12.4. The summed E-state index contributed by atoms with van der Waals surface area (Å²) in [5.41, 5.74) is 0.793. The van der Waals surface area contributed by atoms with E-state index in [2.05, 4.69) is 5.32 Å². The molecule has 1 aliphatic rings. The Morgan fingerprint density at radius 3 is 2.65 bits per heavy atom. The monoisotopic (exact) mass is 376 g/mol. The molecule has 1 aliphatic heterocycles. The Kier molecular flexibility index (Phi) is 5.03. The lowest BCUT2D eigenvalue weighted by atomic mass is 10.2. The summed E-state index contributed by atoms with van der Waals surface area (Å²) in [6.45, 7) is 0.619. The number of benzene rings is 2. The van der Waals surface area contributed by atoms with Gasteiger partial charge in [-0.15, -0.1) is 0 Å². The second kappa shape index (κ2) is 7.25. The number of ether oxygens (including phenoxy) is 2. The standard InChI is InChI=1S/C18H20N2O5S/c1-20(26(2,22)23)14-7-5-6-13(10-14)18(21)19-11-15-12-24-16-8-3-4-9-17(16)25-15/h3-10,15H,11-12H2,1-2H3,(H,19,21). The molecule has 0 saturated heterocycles. The maximum Gasteiger partial charge on any atom is 0.251 e. The van der Waals surface area contributed by atoms with Crippen LogP contribution in [-0.4, -0.2) is 46.9 Å². The van der Waals surface area contributed by atoms with E-state index in [-0.39, 0.29) is 18.6 Å². The lowest BCUT2D eigenvalue weighted by Crippen LogP contribution is -2.40. The first-order valence-corrected chi connectivity index (χ1v) is 9.90. The van der Waals surface area contributed by atoms with Gasteiger partial charge in [0.1, 0.15) is 12.7 Å². The molecular weight excluding hydrogens is 356 g/mol. The highest BCUT2D eigenvalue weighted by atomic mass is 32.2.